The molecule has 0 fully saturated rings. The Bertz CT molecular complexity index is 510. The molecule has 2 N–H and O–H groups in total. The van der Waals surface area contributed by atoms with Gasteiger partial charge in [-0.3, -0.25) is 4.79 Å². The van der Waals surface area contributed by atoms with Gasteiger partial charge in [-0.15, -0.1) is 11.3 Å². The van der Waals surface area contributed by atoms with Crippen molar-refractivity contribution in [1.82, 2.24) is 4.90 Å². The van der Waals surface area contributed by atoms with Crippen molar-refractivity contribution in [2.24, 2.45) is 5.73 Å². The number of nitrogens with zero attached hydrogens (tertiary/aromatic N) is 1. The number of hydrogen-bond acceptors (Lipinski definition) is 3. The summed E-state index contributed by atoms with van der Waals surface area (Å²) in [7, 11) is 1.80. The summed E-state index contributed by atoms with van der Waals surface area (Å²) in [5.41, 5.74) is 6.86. The molecule has 3 nitrogen and oxygen atoms in total. The molecule has 0 radical (unpaired) electrons. The molecule has 2 aromatic rings. The highest BCUT2D eigenvalue weighted by Crippen LogP contribution is 2.14. The van der Waals surface area contributed by atoms with Crippen molar-refractivity contribution >= 4 is 17.2 Å². The van der Waals surface area contributed by atoms with Crippen LogP contribution in [-0.4, -0.2) is 24.4 Å². The number of thiophene rings is 1. The van der Waals surface area contributed by atoms with Gasteiger partial charge < -0.3 is 10.6 Å². The van der Waals surface area contributed by atoms with E-state index in [9.17, 15) is 4.79 Å². The molecule has 0 saturated carbocycles. The number of carbonyl (C=O) groups is 1. The molecule has 0 aliphatic carbocycles. The molecule has 0 bridgehead atoms. The van der Waals surface area contributed by atoms with E-state index in [-0.39, 0.29) is 5.91 Å². The predicted molar refractivity (Wildman–Crippen MR) is 79.0 cm³/mol. The first-order valence-corrected chi connectivity index (χ1v) is 7.14. The Morgan fingerprint density at radius 3 is 2.63 bits per heavy atom. The molecule has 100 valence electrons. The van der Waals surface area contributed by atoms with E-state index in [1.807, 2.05) is 41.8 Å². The lowest BCUT2D eigenvalue weighted by Crippen LogP contribution is -2.36. The molecule has 0 aliphatic rings. The van der Waals surface area contributed by atoms with E-state index >= 15 is 0 Å². The molecule has 0 saturated heterocycles. The van der Waals surface area contributed by atoms with Gasteiger partial charge in [0.05, 0.1) is 0 Å². The van der Waals surface area contributed by atoms with Gasteiger partial charge in [0.15, 0.2) is 0 Å². The summed E-state index contributed by atoms with van der Waals surface area (Å²) in [6.45, 7) is 0.694. The van der Waals surface area contributed by atoms with Crippen molar-refractivity contribution in [3.05, 3.63) is 58.3 Å². The molecule has 19 heavy (non-hydrogen) atoms. The number of rotatable bonds is 5. The molecule has 1 aromatic heterocycles. The third-order valence-corrected chi connectivity index (χ3v) is 4.01. The van der Waals surface area contributed by atoms with E-state index in [4.69, 9.17) is 5.73 Å². The van der Waals surface area contributed by atoms with Crippen LogP contribution in [0.3, 0.4) is 0 Å². The van der Waals surface area contributed by atoms with E-state index in [0.717, 1.165) is 12.0 Å². The van der Waals surface area contributed by atoms with E-state index in [2.05, 4.69) is 6.07 Å². The first-order chi connectivity index (χ1) is 9.18. The molecule has 0 spiro atoms. The Labute approximate surface area is 117 Å². The zero-order valence-corrected chi connectivity index (χ0v) is 11.8. The summed E-state index contributed by atoms with van der Waals surface area (Å²) in [4.78, 5) is 15.2. The summed E-state index contributed by atoms with van der Waals surface area (Å²) < 4.78 is 0. The van der Waals surface area contributed by atoms with Crippen molar-refractivity contribution in [3.63, 3.8) is 0 Å². The highest BCUT2D eigenvalue weighted by atomic mass is 32.1. The Hall–Kier alpha value is -1.65. The highest BCUT2D eigenvalue weighted by molar-refractivity contribution is 7.09. The zero-order valence-electron chi connectivity index (χ0n) is 11.0. The van der Waals surface area contributed by atoms with Gasteiger partial charge in [0.2, 0.25) is 5.91 Å². The van der Waals surface area contributed by atoms with Crippen LogP contribution in [0.15, 0.2) is 47.8 Å². The lowest BCUT2D eigenvalue weighted by Gasteiger charge is -2.21. The van der Waals surface area contributed by atoms with Gasteiger partial charge in [0.1, 0.15) is 6.04 Å². The summed E-state index contributed by atoms with van der Waals surface area (Å²) >= 11 is 1.71. The van der Waals surface area contributed by atoms with Crippen LogP contribution in [0.4, 0.5) is 0 Å². The fourth-order valence-electron chi connectivity index (χ4n) is 1.88. The second-order valence-electron chi connectivity index (χ2n) is 4.48. The van der Waals surface area contributed by atoms with E-state index in [1.165, 1.54) is 4.88 Å². The minimum absolute atomic E-state index is 0.0391. The third kappa shape index (κ3) is 3.66. The van der Waals surface area contributed by atoms with E-state index < -0.39 is 6.04 Å². The average Bonchev–Trinajstić information content (AvgIpc) is 2.97. The van der Waals surface area contributed by atoms with Gasteiger partial charge in [-0.1, -0.05) is 36.4 Å². The number of nitrogens with two attached hydrogens (primary N) is 1. The van der Waals surface area contributed by atoms with Crippen LogP contribution in [0.2, 0.25) is 0 Å². The van der Waals surface area contributed by atoms with E-state index in [1.54, 1.807) is 23.3 Å². The monoisotopic (exact) mass is 274 g/mol. The van der Waals surface area contributed by atoms with Crippen LogP contribution in [-0.2, 0) is 11.2 Å². The van der Waals surface area contributed by atoms with Crippen molar-refractivity contribution in [3.8, 4) is 0 Å². The van der Waals surface area contributed by atoms with Crippen LogP contribution >= 0.6 is 11.3 Å². The number of likely N-dealkylation sites (N-methyl/N-ethyl adjacent to an activating group) is 1. The summed E-state index contributed by atoms with van der Waals surface area (Å²) in [6.07, 6.45) is 0.876. The molecular formula is C15H18N2OS. The zero-order chi connectivity index (χ0) is 13.7. The lowest BCUT2D eigenvalue weighted by atomic mass is 10.1. The predicted octanol–water partition coefficient (Wildman–Crippen LogP) is 2.45. The summed E-state index contributed by atoms with van der Waals surface area (Å²) in [5.74, 6) is -0.0391. The van der Waals surface area contributed by atoms with Crippen molar-refractivity contribution in [2.45, 2.75) is 12.5 Å². The van der Waals surface area contributed by atoms with Gasteiger partial charge in [-0.2, -0.15) is 0 Å². The molecular weight excluding hydrogens is 256 g/mol. The first-order valence-electron chi connectivity index (χ1n) is 6.26. The second kappa shape index (κ2) is 6.50. The first kappa shape index (κ1) is 13.8. The molecule has 1 heterocycles. The molecule has 0 aliphatic heterocycles. The molecule has 1 atom stereocenters. The maximum Gasteiger partial charge on any atom is 0.243 e. The molecule has 1 aromatic carbocycles. The molecule has 0 unspecified atom stereocenters. The average molecular weight is 274 g/mol. The van der Waals surface area contributed by atoms with Gasteiger partial charge in [0, 0.05) is 18.5 Å². The fourth-order valence-corrected chi connectivity index (χ4v) is 2.58. The van der Waals surface area contributed by atoms with Gasteiger partial charge in [-0.25, -0.2) is 0 Å². The third-order valence-electron chi connectivity index (χ3n) is 3.07. The second-order valence-corrected chi connectivity index (χ2v) is 5.51. The number of amides is 1. The minimum Gasteiger partial charge on any atom is -0.344 e. The van der Waals surface area contributed by atoms with Gasteiger partial charge >= 0.3 is 0 Å². The topological polar surface area (TPSA) is 46.3 Å². The van der Waals surface area contributed by atoms with Crippen molar-refractivity contribution < 1.29 is 4.79 Å². The molecule has 1 amide bonds. The maximum atomic E-state index is 12.2. The highest BCUT2D eigenvalue weighted by Gasteiger charge is 2.19. The lowest BCUT2D eigenvalue weighted by molar-refractivity contribution is -0.131. The van der Waals surface area contributed by atoms with Crippen LogP contribution in [0.5, 0.6) is 0 Å². The number of carbonyl (C=O) groups excluding carboxylic acids is 1. The Morgan fingerprint density at radius 2 is 2.00 bits per heavy atom. The smallest absolute Gasteiger partial charge is 0.243 e. The minimum atomic E-state index is -0.575. The van der Waals surface area contributed by atoms with Crippen molar-refractivity contribution in [1.29, 1.82) is 0 Å². The van der Waals surface area contributed by atoms with Crippen LogP contribution in [0.1, 0.15) is 16.5 Å². The van der Waals surface area contributed by atoms with Gasteiger partial charge in [0.25, 0.3) is 0 Å². The quantitative estimate of drug-likeness (QED) is 0.910. The Morgan fingerprint density at radius 1 is 1.26 bits per heavy atom. The van der Waals surface area contributed by atoms with Crippen LogP contribution < -0.4 is 5.73 Å². The van der Waals surface area contributed by atoms with Gasteiger partial charge in [-0.05, 0) is 23.4 Å². The largest absolute Gasteiger partial charge is 0.344 e. The Balaban J connectivity index is 1.91. The van der Waals surface area contributed by atoms with Crippen molar-refractivity contribution in [2.75, 3.05) is 13.6 Å². The maximum absolute atomic E-state index is 12.2. The number of benzene rings is 1. The molecule has 2 rings (SSSR count). The standard InChI is InChI=1S/C15H18N2OS/c1-17(10-9-13-8-5-11-19-13)15(18)14(16)12-6-3-2-4-7-12/h2-8,11,14H,9-10,16H2,1H3/t14-/m1/s1. The number of hydrogen-bond donors (Lipinski definition) is 1. The normalized spacial score (nSPS) is 12.1. The van der Waals surface area contributed by atoms with Crippen LogP contribution in [0, 0.1) is 0 Å². The van der Waals surface area contributed by atoms with Crippen LogP contribution in [0.25, 0.3) is 0 Å². The Kier molecular flexibility index (Phi) is 4.71. The van der Waals surface area contributed by atoms with E-state index in [0.29, 0.717) is 6.54 Å². The summed E-state index contributed by atoms with van der Waals surface area (Å²) in [6, 6.07) is 13.0. The summed E-state index contributed by atoms with van der Waals surface area (Å²) in [5, 5.41) is 2.05. The molecule has 4 heteroatoms. The SMILES string of the molecule is CN(CCc1cccs1)C(=O)[C@H](N)c1ccccc1. The fraction of sp³-hybridized carbons (Fsp3) is 0.267.